The first-order valence-electron chi connectivity index (χ1n) is 9.38. The molecule has 1 aliphatic carbocycles. The minimum Gasteiger partial charge on any atom is -0.421 e. The average molecular weight is 376 g/mol. The molecular weight excluding hydrogens is 360 g/mol. The predicted octanol–water partition coefficient (Wildman–Crippen LogP) is 5.76. The molecule has 1 aliphatic rings. The van der Waals surface area contributed by atoms with E-state index in [1.165, 1.54) is 0 Å². The minimum absolute atomic E-state index is 0.142. The van der Waals surface area contributed by atoms with Crippen molar-refractivity contribution in [2.24, 2.45) is 0 Å². The molecule has 0 unspecified atom stereocenters. The smallest absolute Gasteiger partial charge is 0.343 e. The molecule has 3 heteroatoms. The van der Waals surface area contributed by atoms with Gasteiger partial charge in [-0.15, -0.1) is 0 Å². The van der Waals surface area contributed by atoms with Crippen LogP contribution in [0.4, 0.5) is 0 Å². The molecule has 29 heavy (non-hydrogen) atoms. The summed E-state index contributed by atoms with van der Waals surface area (Å²) in [4.78, 5) is 26.3. The molecule has 0 fully saturated rings. The summed E-state index contributed by atoms with van der Waals surface area (Å²) >= 11 is 0. The second kappa shape index (κ2) is 6.88. The molecule has 0 heterocycles. The van der Waals surface area contributed by atoms with E-state index in [4.69, 9.17) is 4.74 Å². The normalized spacial score (nSPS) is 12.9. The Bertz CT molecular complexity index is 1280. The molecule has 0 aliphatic heterocycles. The third-order valence-electron chi connectivity index (χ3n) is 5.11. The number of Topliss-reactive ketones (excluding diaryl/α,β-unsaturated/α-hetero) is 1. The van der Waals surface area contributed by atoms with Crippen molar-refractivity contribution in [3.05, 3.63) is 119 Å². The van der Waals surface area contributed by atoms with E-state index >= 15 is 0 Å². The highest BCUT2D eigenvalue weighted by Gasteiger charge is 2.31. The van der Waals surface area contributed by atoms with Gasteiger partial charge < -0.3 is 4.74 Å². The molecular formula is C26H16O3. The molecule has 0 saturated heterocycles. The van der Waals surface area contributed by atoms with Crippen molar-refractivity contribution in [2.45, 2.75) is 0 Å². The molecule has 138 valence electrons. The number of ether oxygens (including phenoxy) is 1. The summed E-state index contributed by atoms with van der Waals surface area (Å²) in [6.45, 7) is 0. The van der Waals surface area contributed by atoms with Crippen LogP contribution in [0, 0.1) is 0 Å². The van der Waals surface area contributed by atoms with Gasteiger partial charge in [0.2, 0.25) is 0 Å². The largest absolute Gasteiger partial charge is 0.421 e. The fraction of sp³-hybridized carbons (Fsp3) is 0. The Hall–Kier alpha value is -3.98. The van der Waals surface area contributed by atoms with Gasteiger partial charge in [-0.2, -0.15) is 0 Å². The highest BCUT2D eigenvalue weighted by Crippen LogP contribution is 2.41. The first kappa shape index (κ1) is 17.1. The summed E-state index contributed by atoms with van der Waals surface area (Å²) in [7, 11) is 0. The third-order valence-corrected chi connectivity index (χ3v) is 5.11. The maximum absolute atomic E-state index is 13.5. The fourth-order valence-corrected chi connectivity index (χ4v) is 3.79. The van der Waals surface area contributed by atoms with E-state index in [2.05, 4.69) is 0 Å². The highest BCUT2D eigenvalue weighted by molar-refractivity contribution is 6.40. The quantitative estimate of drug-likeness (QED) is 0.427. The molecule has 0 spiro atoms. The molecule has 5 rings (SSSR count). The van der Waals surface area contributed by atoms with E-state index in [0.29, 0.717) is 22.5 Å². The molecule has 0 aromatic heterocycles. The molecule has 4 aromatic carbocycles. The number of ketones is 1. The Labute approximate surface area is 167 Å². The molecule has 3 nitrogen and oxygen atoms in total. The van der Waals surface area contributed by atoms with E-state index in [0.717, 1.165) is 21.9 Å². The molecule has 0 amide bonds. The molecule has 0 atom stereocenters. The van der Waals surface area contributed by atoms with Gasteiger partial charge in [-0.1, -0.05) is 84.9 Å². The van der Waals surface area contributed by atoms with Gasteiger partial charge >= 0.3 is 5.97 Å². The van der Waals surface area contributed by atoms with Crippen LogP contribution >= 0.6 is 0 Å². The van der Waals surface area contributed by atoms with Crippen LogP contribution in [0.3, 0.4) is 0 Å². The van der Waals surface area contributed by atoms with Crippen molar-refractivity contribution in [2.75, 3.05) is 0 Å². The Morgan fingerprint density at radius 1 is 0.655 bits per heavy atom. The lowest BCUT2D eigenvalue weighted by Crippen LogP contribution is -2.16. The van der Waals surface area contributed by atoms with Crippen LogP contribution in [0.1, 0.15) is 31.8 Å². The summed E-state index contributed by atoms with van der Waals surface area (Å²) in [6.07, 6.45) is 0. The maximum Gasteiger partial charge on any atom is 0.343 e. The van der Waals surface area contributed by atoms with E-state index < -0.39 is 5.97 Å². The Morgan fingerprint density at radius 3 is 1.97 bits per heavy atom. The number of benzene rings is 4. The Balaban J connectivity index is 1.76. The number of allylic oxidation sites excluding steroid dienone is 1. The van der Waals surface area contributed by atoms with Gasteiger partial charge in [0, 0.05) is 16.5 Å². The van der Waals surface area contributed by atoms with Crippen molar-refractivity contribution in [3.8, 4) is 0 Å². The highest BCUT2D eigenvalue weighted by atomic mass is 16.5. The monoisotopic (exact) mass is 376 g/mol. The number of carbonyl (C=O) groups excluding carboxylic acids is 2. The first-order valence-corrected chi connectivity index (χ1v) is 9.38. The van der Waals surface area contributed by atoms with E-state index in [-0.39, 0.29) is 5.78 Å². The second-order valence-corrected chi connectivity index (χ2v) is 6.86. The Kier molecular flexibility index (Phi) is 4.07. The van der Waals surface area contributed by atoms with Crippen molar-refractivity contribution in [3.63, 3.8) is 0 Å². The lowest BCUT2D eigenvalue weighted by molar-refractivity contribution is 0.0693. The number of hydrogen-bond donors (Lipinski definition) is 0. The van der Waals surface area contributed by atoms with Gasteiger partial charge in [0.15, 0.2) is 11.5 Å². The zero-order chi connectivity index (χ0) is 19.8. The number of hydrogen-bond acceptors (Lipinski definition) is 3. The zero-order valence-corrected chi connectivity index (χ0v) is 15.5. The summed E-state index contributed by atoms with van der Waals surface area (Å²) in [5.74, 6) is -0.325. The minimum atomic E-state index is -0.488. The summed E-state index contributed by atoms with van der Waals surface area (Å²) in [6, 6.07) is 29.6. The van der Waals surface area contributed by atoms with Crippen LogP contribution in [0.25, 0.3) is 22.1 Å². The summed E-state index contributed by atoms with van der Waals surface area (Å²) in [5.41, 5.74) is 2.93. The lowest BCUT2D eigenvalue weighted by atomic mass is 9.84. The van der Waals surface area contributed by atoms with Crippen LogP contribution < -0.4 is 0 Å². The fourth-order valence-electron chi connectivity index (χ4n) is 3.79. The molecule has 4 aromatic rings. The van der Waals surface area contributed by atoms with Crippen LogP contribution in [0.15, 0.2) is 97.1 Å². The lowest BCUT2D eigenvalue weighted by Gasteiger charge is -2.23. The van der Waals surface area contributed by atoms with Gasteiger partial charge in [-0.25, -0.2) is 4.79 Å². The van der Waals surface area contributed by atoms with Crippen LogP contribution in [0.5, 0.6) is 0 Å². The number of rotatable bonds is 3. The number of carbonyl (C=O) groups is 2. The summed E-state index contributed by atoms with van der Waals surface area (Å²) < 4.78 is 5.88. The standard InChI is InChI=1S/C26H16O3/c27-24-20-15-7-13-17-14-8-16-21(22(17)20)25(23(24)18-9-3-1-4-10-18)29-26(28)19-11-5-2-6-12-19/h1-16H. The van der Waals surface area contributed by atoms with Gasteiger partial charge in [0.25, 0.3) is 0 Å². The van der Waals surface area contributed by atoms with Crippen LogP contribution in [-0.2, 0) is 4.74 Å². The van der Waals surface area contributed by atoms with Crippen molar-refractivity contribution in [1.29, 1.82) is 0 Å². The van der Waals surface area contributed by atoms with Gasteiger partial charge in [-0.05, 0) is 23.1 Å². The zero-order valence-electron chi connectivity index (χ0n) is 15.5. The molecule has 0 bridgehead atoms. The topological polar surface area (TPSA) is 43.4 Å². The van der Waals surface area contributed by atoms with Gasteiger partial charge in [0.1, 0.15) is 0 Å². The number of esters is 1. The molecule has 0 saturated carbocycles. The van der Waals surface area contributed by atoms with Crippen molar-refractivity contribution < 1.29 is 14.3 Å². The second-order valence-electron chi connectivity index (χ2n) is 6.86. The van der Waals surface area contributed by atoms with Gasteiger partial charge in [0.05, 0.1) is 11.1 Å². The van der Waals surface area contributed by atoms with E-state index in [9.17, 15) is 9.59 Å². The molecule has 0 N–H and O–H groups in total. The van der Waals surface area contributed by atoms with Crippen LogP contribution in [0.2, 0.25) is 0 Å². The van der Waals surface area contributed by atoms with Gasteiger partial charge in [-0.3, -0.25) is 4.79 Å². The van der Waals surface area contributed by atoms with Crippen LogP contribution in [-0.4, -0.2) is 11.8 Å². The Morgan fingerprint density at radius 2 is 1.28 bits per heavy atom. The first-order chi connectivity index (χ1) is 14.2. The van der Waals surface area contributed by atoms with Crippen molar-refractivity contribution in [1.82, 2.24) is 0 Å². The summed E-state index contributed by atoms with van der Waals surface area (Å²) in [5, 5.41) is 1.75. The SMILES string of the molecule is O=C(OC1=C(c2ccccc2)C(=O)c2cccc3cccc1c23)c1ccccc1. The maximum atomic E-state index is 13.5. The van der Waals surface area contributed by atoms with Crippen molar-refractivity contribution >= 4 is 33.9 Å². The van der Waals surface area contributed by atoms with E-state index in [1.807, 2.05) is 72.8 Å². The third kappa shape index (κ3) is 2.84. The average Bonchev–Trinajstić information content (AvgIpc) is 2.78. The molecule has 0 radical (unpaired) electrons. The van der Waals surface area contributed by atoms with E-state index in [1.54, 1.807) is 24.3 Å². The predicted molar refractivity (Wildman–Crippen MR) is 113 cm³/mol.